The first kappa shape index (κ1) is 12.3. The van der Waals surface area contributed by atoms with E-state index in [2.05, 4.69) is 43.9 Å². The SMILES string of the molecule is CN(Cc1cncc(Br)c1)Cc1nccn1C. The fraction of sp³-hybridized carbons (Fsp3) is 0.333. The third-order valence-electron chi connectivity index (χ3n) is 2.55. The molecule has 0 unspecified atom stereocenters. The van der Waals surface area contributed by atoms with E-state index in [1.807, 2.05) is 30.2 Å². The van der Waals surface area contributed by atoms with Crippen LogP contribution >= 0.6 is 15.9 Å². The molecule has 0 amide bonds. The molecule has 2 aromatic rings. The molecule has 17 heavy (non-hydrogen) atoms. The predicted molar refractivity (Wildman–Crippen MR) is 70.3 cm³/mol. The first-order valence-electron chi connectivity index (χ1n) is 5.39. The second-order valence-electron chi connectivity index (χ2n) is 4.14. The summed E-state index contributed by atoms with van der Waals surface area (Å²) in [5, 5.41) is 0. The number of hydrogen-bond donors (Lipinski definition) is 0. The molecule has 0 aromatic carbocycles. The summed E-state index contributed by atoms with van der Waals surface area (Å²) in [5.74, 6) is 1.07. The third-order valence-corrected chi connectivity index (χ3v) is 2.98. The fourth-order valence-electron chi connectivity index (χ4n) is 1.70. The van der Waals surface area contributed by atoms with Gasteiger partial charge in [0.15, 0.2) is 0 Å². The van der Waals surface area contributed by atoms with Gasteiger partial charge in [-0.05, 0) is 34.6 Å². The molecule has 0 aliphatic heterocycles. The smallest absolute Gasteiger partial charge is 0.122 e. The first-order chi connectivity index (χ1) is 8.15. The Bertz CT molecular complexity index is 495. The average Bonchev–Trinajstić information content (AvgIpc) is 2.64. The Balaban J connectivity index is 1.98. The van der Waals surface area contributed by atoms with Crippen LogP contribution in [0.15, 0.2) is 35.3 Å². The fourth-order valence-corrected chi connectivity index (χ4v) is 2.11. The maximum atomic E-state index is 4.31. The van der Waals surface area contributed by atoms with E-state index in [0.717, 1.165) is 23.4 Å². The van der Waals surface area contributed by atoms with Gasteiger partial charge in [-0.15, -0.1) is 0 Å². The van der Waals surface area contributed by atoms with Gasteiger partial charge in [-0.2, -0.15) is 0 Å². The van der Waals surface area contributed by atoms with Gasteiger partial charge in [-0.25, -0.2) is 4.98 Å². The summed E-state index contributed by atoms with van der Waals surface area (Å²) in [5.41, 5.74) is 1.19. The standard InChI is InChI=1S/C12H15BrN4/c1-16(9-12-15-3-4-17(12)2)8-10-5-11(13)7-14-6-10/h3-7H,8-9H2,1-2H3. The normalized spacial score (nSPS) is 11.1. The molecule has 90 valence electrons. The molecule has 0 aliphatic carbocycles. The molecule has 2 aromatic heterocycles. The number of hydrogen-bond acceptors (Lipinski definition) is 3. The van der Waals surface area contributed by atoms with E-state index in [1.54, 1.807) is 6.20 Å². The molecule has 0 atom stereocenters. The van der Waals surface area contributed by atoms with Crippen LogP contribution in [0.25, 0.3) is 0 Å². The Hall–Kier alpha value is -1.20. The zero-order valence-electron chi connectivity index (χ0n) is 9.97. The highest BCUT2D eigenvalue weighted by molar-refractivity contribution is 9.10. The van der Waals surface area contributed by atoms with E-state index >= 15 is 0 Å². The molecule has 0 spiro atoms. The Labute approximate surface area is 109 Å². The van der Waals surface area contributed by atoms with E-state index in [-0.39, 0.29) is 0 Å². The first-order valence-corrected chi connectivity index (χ1v) is 6.18. The van der Waals surface area contributed by atoms with E-state index in [4.69, 9.17) is 0 Å². The van der Waals surface area contributed by atoms with Crippen molar-refractivity contribution < 1.29 is 0 Å². The molecule has 2 rings (SSSR count). The quantitative estimate of drug-likeness (QED) is 0.867. The van der Waals surface area contributed by atoms with Crippen LogP contribution in [-0.2, 0) is 20.1 Å². The zero-order chi connectivity index (χ0) is 12.3. The molecule has 0 bridgehead atoms. The Morgan fingerprint density at radius 3 is 2.82 bits per heavy atom. The largest absolute Gasteiger partial charge is 0.337 e. The molecular formula is C12H15BrN4. The van der Waals surface area contributed by atoms with Crippen LogP contribution in [0, 0.1) is 0 Å². The number of rotatable bonds is 4. The van der Waals surface area contributed by atoms with Crippen molar-refractivity contribution in [3.8, 4) is 0 Å². The lowest BCUT2D eigenvalue weighted by Gasteiger charge is -2.16. The predicted octanol–water partition coefficient (Wildman–Crippen LogP) is 2.21. The van der Waals surface area contributed by atoms with Crippen molar-refractivity contribution in [2.24, 2.45) is 7.05 Å². The number of imidazole rings is 1. The van der Waals surface area contributed by atoms with Crippen molar-refractivity contribution in [2.45, 2.75) is 13.1 Å². The van der Waals surface area contributed by atoms with Crippen LogP contribution in [0.5, 0.6) is 0 Å². The van der Waals surface area contributed by atoms with Crippen molar-refractivity contribution >= 4 is 15.9 Å². The number of nitrogens with zero attached hydrogens (tertiary/aromatic N) is 4. The highest BCUT2D eigenvalue weighted by atomic mass is 79.9. The second kappa shape index (κ2) is 5.42. The van der Waals surface area contributed by atoms with E-state index < -0.39 is 0 Å². The third kappa shape index (κ3) is 3.38. The van der Waals surface area contributed by atoms with Gasteiger partial charge in [0.25, 0.3) is 0 Å². The summed E-state index contributed by atoms with van der Waals surface area (Å²) in [6, 6.07) is 2.09. The van der Waals surface area contributed by atoms with Gasteiger partial charge in [0, 0.05) is 42.9 Å². The lowest BCUT2D eigenvalue weighted by atomic mass is 10.3. The molecule has 0 radical (unpaired) electrons. The van der Waals surface area contributed by atoms with Gasteiger partial charge >= 0.3 is 0 Å². The molecule has 2 heterocycles. The maximum Gasteiger partial charge on any atom is 0.122 e. The Kier molecular flexibility index (Phi) is 3.91. The number of halogens is 1. The van der Waals surface area contributed by atoms with Gasteiger partial charge in [0.05, 0.1) is 6.54 Å². The van der Waals surface area contributed by atoms with Gasteiger partial charge in [-0.1, -0.05) is 0 Å². The lowest BCUT2D eigenvalue weighted by Crippen LogP contribution is -2.19. The molecule has 0 saturated heterocycles. The van der Waals surface area contributed by atoms with Crippen LogP contribution < -0.4 is 0 Å². The number of pyridine rings is 1. The minimum Gasteiger partial charge on any atom is -0.337 e. The second-order valence-corrected chi connectivity index (χ2v) is 5.05. The van der Waals surface area contributed by atoms with E-state index in [1.165, 1.54) is 5.56 Å². The summed E-state index contributed by atoms with van der Waals surface area (Å²) < 4.78 is 3.05. The van der Waals surface area contributed by atoms with Gasteiger partial charge in [-0.3, -0.25) is 9.88 Å². The molecule has 0 N–H and O–H groups in total. The number of aromatic nitrogens is 3. The van der Waals surface area contributed by atoms with E-state index in [0.29, 0.717) is 0 Å². The summed E-state index contributed by atoms with van der Waals surface area (Å²) >= 11 is 3.43. The van der Waals surface area contributed by atoms with Gasteiger partial charge < -0.3 is 4.57 Å². The van der Waals surface area contributed by atoms with Crippen molar-refractivity contribution in [1.82, 2.24) is 19.4 Å². The topological polar surface area (TPSA) is 34.0 Å². The lowest BCUT2D eigenvalue weighted by molar-refractivity contribution is 0.306. The van der Waals surface area contributed by atoms with Crippen molar-refractivity contribution in [1.29, 1.82) is 0 Å². The van der Waals surface area contributed by atoms with Gasteiger partial charge in [0.1, 0.15) is 5.82 Å². The van der Waals surface area contributed by atoms with Crippen LogP contribution in [0.1, 0.15) is 11.4 Å². The molecule has 0 saturated carbocycles. The molecular weight excluding hydrogens is 280 g/mol. The minimum absolute atomic E-state index is 0.829. The van der Waals surface area contributed by atoms with Crippen molar-refractivity contribution in [3.63, 3.8) is 0 Å². The summed E-state index contributed by atoms with van der Waals surface area (Å²) in [6.07, 6.45) is 7.47. The summed E-state index contributed by atoms with van der Waals surface area (Å²) in [6.45, 7) is 1.69. The Morgan fingerprint density at radius 2 is 2.18 bits per heavy atom. The van der Waals surface area contributed by atoms with Crippen LogP contribution in [0.2, 0.25) is 0 Å². The molecule has 0 aliphatic rings. The summed E-state index contributed by atoms with van der Waals surface area (Å²) in [7, 11) is 4.09. The summed E-state index contributed by atoms with van der Waals surface area (Å²) in [4.78, 5) is 10.7. The minimum atomic E-state index is 0.829. The number of aryl methyl sites for hydroxylation is 1. The zero-order valence-corrected chi connectivity index (χ0v) is 11.6. The van der Waals surface area contributed by atoms with Crippen LogP contribution in [0.3, 0.4) is 0 Å². The average molecular weight is 295 g/mol. The van der Waals surface area contributed by atoms with Crippen LogP contribution in [0.4, 0.5) is 0 Å². The van der Waals surface area contributed by atoms with E-state index in [9.17, 15) is 0 Å². The highest BCUT2D eigenvalue weighted by Gasteiger charge is 2.05. The maximum absolute atomic E-state index is 4.31. The van der Waals surface area contributed by atoms with Crippen LogP contribution in [-0.4, -0.2) is 26.5 Å². The molecule has 4 nitrogen and oxygen atoms in total. The van der Waals surface area contributed by atoms with Crippen molar-refractivity contribution in [3.05, 3.63) is 46.7 Å². The Morgan fingerprint density at radius 1 is 1.35 bits per heavy atom. The van der Waals surface area contributed by atoms with Crippen molar-refractivity contribution in [2.75, 3.05) is 7.05 Å². The highest BCUT2D eigenvalue weighted by Crippen LogP contribution is 2.11. The molecule has 0 fully saturated rings. The van der Waals surface area contributed by atoms with Gasteiger partial charge in [0.2, 0.25) is 0 Å². The molecule has 5 heteroatoms. The monoisotopic (exact) mass is 294 g/mol.